The minimum Gasteiger partial charge on any atom is -0.396 e. The van der Waals surface area contributed by atoms with Gasteiger partial charge in [0.2, 0.25) is 0 Å². The number of hydrogen-bond donors (Lipinski definition) is 2. The Morgan fingerprint density at radius 1 is 1.19 bits per heavy atom. The second-order valence-corrected chi connectivity index (χ2v) is 7.86. The number of nitrogens with zero attached hydrogens (tertiary/aromatic N) is 3. The summed E-state index contributed by atoms with van der Waals surface area (Å²) < 4.78 is 6.28. The molecule has 2 aromatic heterocycles. The number of nitrogens with two attached hydrogens (primary N) is 1. The van der Waals surface area contributed by atoms with Crippen LogP contribution in [0.4, 0.5) is 11.4 Å². The third-order valence-electron chi connectivity index (χ3n) is 5.88. The molecule has 1 aliphatic rings. The molecule has 3 N–H and O–H groups in total. The van der Waals surface area contributed by atoms with Crippen LogP contribution in [0.15, 0.2) is 55.0 Å². The van der Waals surface area contributed by atoms with Gasteiger partial charge in [-0.15, -0.1) is 0 Å². The van der Waals surface area contributed by atoms with Crippen LogP contribution >= 0.6 is 0 Å². The number of amides is 1. The van der Waals surface area contributed by atoms with Crippen molar-refractivity contribution in [3.05, 3.63) is 66.2 Å². The molecule has 1 aliphatic heterocycles. The van der Waals surface area contributed by atoms with E-state index < -0.39 is 5.91 Å². The highest BCUT2D eigenvalue weighted by molar-refractivity contribution is 6.06. The standard InChI is InChI=1S/C24H27N5O2/c1-3-16-9-10-21(31-15(16)2)18-11-12-26-14-20(18)28-24(30)22-19(25)13-27-23(29-22)17-7-5-4-6-8-17/h4-8,11-16,21H,3,9-10,25H2,1-2H3,(H,28,30)/t15-,16?,21?/m1/s1. The SMILES string of the molecule is CCC1CCC(c2ccncc2NC(=O)c2nc(-c3ccccc3)ncc2N)O[C@@H]1C. The number of ether oxygens (including phenoxy) is 1. The summed E-state index contributed by atoms with van der Waals surface area (Å²) in [5, 5.41) is 2.93. The molecule has 3 aromatic rings. The summed E-state index contributed by atoms with van der Waals surface area (Å²) in [5.74, 6) is 0.608. The van der Waals surface area contributed by atoms with Crippen molar-refractivity contribution < 1.29 is 9.53 Å². The highest BCUT2D eigenvalue weighted by atomic mass is 16.5. The monoisotopic (exact) mass is 417 g/mol. The molecule has 0 radical (unpaired) electrons. The van der Waals surface area contributed by atoms with Crippen LogP contribution in [-0.4, -0.2) is 27.0 Å². The molecule has 7 heteroatoms. The molecule has 160 valence electrons. The molecule has 1 fully saturated rings. The summed E-state index contributed by atoms with van der Waals surface area (Å²) in [6.45, 7) is 4.31. The number of nitrogen functional groups attached to an aromatic ring is 1. The fraction of sp³-hybridized carbons (Fsp3) is 0.333. The Morgan fingerprint density at radius 2 is 2.00 bits per heavy atom. The van der Waals surface area contributed by atoms with Gasteiger partial charge in [0.05, 0.1) is 36.0 Å². The van der Waals surface area contributed by atoms with Crippen molar-refractivity contribution in [1.29, 1.82) is 0 Å². The lowest BCUT2D eigenvalue weighted by atomic mass is 9.88. The average molecular weight is 418 g/mol. The number of aromatic nitrogens is 3. The first kappa shape index (κ1) is 20.9. The minimum absolute atomic E-state index is 0.0845. The molecule has 7 nitrogen and oxygen atoms in total. The van der Waals surface area contributed by atoms with E-state index in [1.165, 1.54) is 6.20 Å². The number of carbonyl (C=O) groups excluding carboxylic acids is 1. The Morgan fingerprint density at radius 3 is 2.74 bits per heavy atom. The lowest BCUT2D eigenvalue weighted by Gasteiger charge is -2.35. The van der Waals surface area contributed by atoms with Crippen LogP contribution in [0.25, 0.3) is 11.4 Å². The topological polar surface area (TPSA) is 103 Å². The number of pyridine rings is 1. The van der Waals surface area contributed by atoms with Crippen LogP contribution in [0.2, 0.25) is 0 Å². The molecule has 2 unspecified atom stereocenters. The van der Waals surface area contributed by atoms with E-state index in [0.29, 0.717) is 17.4 Å². The van der Waals surface area contributed by atoms with E-state index in [2.05, 4.69) is 34.1 Å². The van der Waals surface area contributed by atoms with Gasteiger partial charge in [-0.05, 0) is 31.7 Å². The molecule has 1 aromatic carbocycles. The zero-order chi connectivity index (χ0) is 21.8. The van der Waals surface area contributed by atoms with Gasteiger partial charge in [0.1, 0.15) is 0 Å². The van der Waals surface area contributed by atoms with Crippen LogP contribution in [-0.2, 0) is 4.74 Å². The van der Waals surface area contributed by atoms with Gasteiger partial charge in [0.15, 0.2) is 11.5 Å². The second kappa shape index (κ2) is 9.22. The molecule has 3 heterocycles. The predicted molar refractivity (Wildman–Crippen MR) is 120 cm³/mol. The van der Waals surface area contributed by atoms with Crippen LogP contribution in [0.1, 0.15) is 55.3 Å². The number of benzene rings is 1. The molecule has 3 atom stereocenters. The summed E-state index contributed by atoms with van der Waals surface area (Å²) in [5.41, 5.74) is 8.72. The van der Waals surface area contributed by atoms with E-state index in [4.69, 9.17) is 10.5 Å². The zero-order valence-corrected chi connectivity index (χ0v) is 17.8. The summed E-state index contributed by atoms with van der Waals surface area (Å²) in [6, 6.07) is 11.4. The minimum atomic E-state index is -0.401. The third-order valence-corrected chi connectivity index (χ3v) is 5.88. The predicted octanol–water partition coefficient (Wildman–Crippen LogP) is 4.64. The number of anilines is 2. The van der Waals surface area contributed by atoms with E-state index in [1.807, 2.05) is 36.4 Å². The maximum Gasteiger partial charge on any atom is 0.276 e. The van der Waals surface area contributed by atoms with Crippen LogP contribution in [0, 0.1) is 5.92 Å². The third kappa shape index (κ3) is 4.56. The Labute approximate surface area is 182 Å². The lowest BCUT2D eigenvalue weighted by molar-refractivity contribution is -0.0760. The average Bonchev–Trinajstić information content (AvgIpc) is 2.80. The van der Waals surface area contributed by atoms with Crippen molar-refractivity contribution in [3.8, 4) is 11.4 Å². The first-order valence-corrected chi connectivity index (χ1v) is 10.7. The first-order chi connectivity index (χ1) is 15.1. The maximum absolute atomic E-state index is 13.1. The molecule has 0 aliphatic carbocycles. The van der Waals surface area contributed by atoms with Gasteiger partial charge in [-0.2, -0.15) is 0 Å². The molecule has 0 spiro atoms. The van der Waals surface area contributed by atoms with Gasteiger partial charge in [-0.25, -0.2) is 9.97 Å². The van der Waals surface area contributed by atoms with Gasteiger partial charge in [-0.1, -0.05) is 43.7 Å². The fourth-order valence-electron chi connectivity index (χ4n) is 4.07. The van der Waals surface area contributed by atoms with E-state index in [9.17, 15) is 4.79 Å². The number of rotatable bonds is 5. The highest BCUT2D eigenvalue weighted by Gasteiger charge is 2.29. The summed E-state index contributed by atoms with van der Waals surface area (Å²) in [7, 11) is 0. The van der Waals surface area contributed by atoms with Gasteiger partial charge in [0, 0.05) is 17.3 Å². The fourth-order valence-corrected chi connectivity index (χ4v) is 4.07. The molecule has 1 amide bonds. The first-order valence-electron chi connectivity index (χ1n) is 10.7. The second-order valence-electron chi connectivity index (χ2n) is 7.86. The van der Waals surface area contributed by atoms with Crippen LogP contribution in [0.5, 0.6) is 0 Å². The van der Waals surface area contributed by atoms with Gasteiger partial charge >= 0.3 is 0 Å². The smallest absolute Gasteiger partial charge is 0.276 e. The maximum atomic E-state index is 13.1. The van der Waals surface area contributed by atoms with Crippen molar-refractivity contribution in [2.75, 3.05) is 11.1 Å². The van der Waals surface area contributed by atoms with Crippen molar-refractivity contribution in [1.82, 2.24) is 15.0 Å². The molecule has 1 saturated heterocycles. The van der Waals surface area contributed by atoms with Crippen LogP contribution in [0.3, 0.4) is 0 Å². The molecular formula is C24H27N5O2. The Balaban J connectivity index is 1.58. The Hall–Kier alpha value is -3.32. The lowest BCUT2D eigenvalue weighted by Crippen LogP contribution is -2.29. The van der Waals surface area contributed by atoms with Crippen molar-refractivity contribution in [2.24, 2.45) is 5.92 Å². The van der Waals surface area contributed by atoms with Gasteiger partial charge < -0.3 is 15.8 Å². The Kier molecular flexibility index (Phi) is 6.23. The van der Waals surface area contributed by atoms with Gasteiger partial charge in [-0.3, -0.25) is 9.78 Å². The van der Waals surface area contributed by atoms with Gasteiger partial charge in [0.25, 0.3) is 5.91 Å². The van der Waals surface area contributed by atoms with E-state index >= 15 is 0 Å². The van der Waals surface area contributed by atoms with E-state index in [1.54, 1.807) is 12.4 Å². The zero-order valence-electron chi connectivity index (χ0n) is 17.8. The summed E-state index contributed by atoms with van der Waals surface area (Å²) in [4.78, 5) is 25.9. The van der Waals surface area contributed by atoms with E-state index in [0.717, 1.165) is 30.4 Å². The number of hydrogen-bond acceptors (Lipinski definition) is 6. The van der Waals surface area contributed by atoms with Crippen molar-refractivity contribution >= 4 is 17.3 Å². The Bertz CT molecular complexity index is 1060. The summed E-state index contributed by atoms with van der Waals surface area (Å²) >= 11 is 0. The normalized spacial score (nSPS) is 20.9. The quantitative estimate of drug-likeness (QED) is 0.627. The van der Waals surface area contributed by atoms with E-state index in [-0.39, 0.29) is 23.6 Å². The molecular weight excluding hydrogens is 390 g/mol. The largest absolute Gasteiger partial charge is 0.396 e. The van der Waals surface area contributed by atoms with Crippen molar-refractivity contribution in [2.45, 2.75) is 45.3 Å². The highest BCUT2D eigenvalue weighted by Crippen LogP contribution is 2.38. The number of nitrogens with one attached hydrogen (secondary N) is 1. The van der Waals surface area contributed by atoms with Crippen LogP contribution < -0.4 is 11.1 Å². The molecule has 31 heavy (non-hydrogen) atoms. The molecule has 0 saturated carbocycles. The van der Waals surface area contributed by atoms with Crippen molar-refractivity contribution in [3.63, 3.8) is 0 Å². The molecule has 4 rings (SSSR count). The summed E-state index contributed by atoms with van der Waals surface area (Å²) in [6.07, 6.45) is 8.02. The molecule has 0 bridgehead atoms. The number of carbonyl (C=O) groups is 1.